The van der Waals surface area contributed by atoms with E-state index in [1.54, 1.807) is 11.8 Å². The van der Waals surface area contributed by atoms with Gasteiger partial charge in [0.1, 0.15) is 0 Å². The van der Waals surface area contributed by atoms with Gasteiger partial charge in [0.15, 0.2) is 5.13 Å². The Morgan fingerprint density at radius 1 is 1.42 bits per heavy atom. The molecule has 1 aliphatic rings. The fraction of sp³-hybridized carbons (Fsp3) is 0.421. The molecular weight excluding hydrogens is 348 g/mol. The monoisotopic (exact) mass is 372 g/mol. The molecule has 26 heavy (non-hydrogen) atoms. The zero-order valence-electron chi connectivity index (χ0n) is 15.1. The minimum atomic E-state index is -0.226. The van der Waals surface area contributed by atoms with Crippen molar-refractivity contribution < 1.29 is 9.59 Å². The van der Waals surface area contributed by atoms with Gasteiger partial charge < -0.3 is 5.73 Å². The van der Waals surface area contributed by atoms with Crippen LogP contribution in [0, 0.1) is 12.8 Å². The average molecular weight is 372 g/mol. The van der Waals surface area contributed by atoms with Crippen molar-refractivity contribution in [2.24, 2.45) is 11.7 Å². The topological polar surface area (TPSA) is 79.5 Å². The minimum absolute atomic E-state index is 0.0664. The molecule has 2 N–H and O–H groups in total. The number of aromatic nitrogens is 1. The van der Waals surface area contributed by atoms with Crippen LogP contribution in [0.4, 0.5) is 10.8 Å². The van der Waals surface area contributed by atoms with Gasteiger partial charge in [-0.15, -0.1) is 11.3 Å². The second kappa shape index (κ2) is 7.97. The standard InChI is InChI=1S/C19H24N4O2S/c1-13-5-3-7-17(9-13)23(14(2)24)19-21-16(12-26-19)11-22-8-4-6-15(10-22)18(20)25/h3,5,7,9,12,15H,4,6,8,10-11H2,1-2H3,(H2,20,25)/t15-/m1/s1. The molecule has 1 aliphatic heterocycles. The minimum Gasteiger partial charge on any atom is -0.369 e. The lowest BCUT2D eigenvalue weighted by atomic mass is 9.97. The van der Waals surface area contributed by atoms with Crippen LogP contribution in [0.5, 0.6) is 0 Å². The van der Waals surface area contributed by atoms with E-state index in [9.17, 15) is 9.59 Å². The highest BCUT2D eigenvalue weighted by Crippen LogP contribution is 2.30. The van der Waals surface area contributed by atoms with Crippen molar-refractivity contribution in [2.75, 3.05) is 18.0 Å². The largest absolute Gasteiger partial charge is 0.369 e. The number of piperidine rings is 1. The maximum absolute atomic E-state index is 12.2. The van der Waals surface area contributed by atoms with E-state index in [0.717, 1.165) is 36.3 Å². The Labute approximate surface area is 157 Å². The molecule has 2 aromatic rings. The number of benzene rings is 1. The van der Waals surface area contributed by atoms with E-state index < -0.39 is 0 Å². The second-order valence-corrected chi connectivity index (χ2v) is 7.63. The lowest BCUT2D eigenvalue weighted by molar-refractivity contribution is -0.123. The van der Waals surface area contributed by atoms with E-state index in [-0.39, 0.29) is 17.7 Å². The third-order valence-corrected chi connectivity index (χ3v) is 5.47. The van der Waals surface area contributed by atoms with Gasteiger partial charge in [0.05, 0.1) is 17.3 Å². The first-order valence-corrected chi connectivity index (χ1v) is 9.65. The summed E-state index contributed by atoms with van der Waals surface area (Å²) in [5.41, 5.74) is 8.28. The van der Waals surface area contributed by atoms with Crippen LogP contribution in [0.3, 0.4) is 0 Å². The van der Waals surface area contributed by atoms with Crippen molar-refractivity contribution >= 4 is 34.0 Å². The molecule has 2 amide bonds. The maximum atomic E-state index is 12.2. The summed E-state index contributed by atoms with van der Waals surface area (Å²) in [6.07, 6.45) is 1.83. The third-order valence-electron chi connectivity index (χ3n) is 4.60. The zero-order valence-corrected chi connectivity index (χ0v) is 16.0. The quantitative estimate of drug-likeness (QED) is 0.875. The van der Waals surface area contributed by atoms with Gasteiger partial charge in [-0.3, -0.25) is 19.4 Å². The number of aryl methyl sites for hydroxylation is 1. The predicted octanol–water partition coefficient (Wildman–Crippen LogP) is 2.83. The van der Waals surface area contributed by atoms with Gasteiger partial charge in [-0.1, -0.05) is 12.1 Å². The highest BCUT2D eigenvalue weighted by Gasteiger charge is 2.25. The number of carbonyl (C=O) groups excluding carboxylic acids is 2. The summed E-state index contributed by atoms with van der Waals surface area (Å²) < 4.78 is 0. The molecule has 0 unspecified atom stereocenters. The molecule has 6 nitrogen and oxygen atoms in total. The second-order valence-electron chi connectivity index (χ2n) is 6.79. The summed E-state index contributed by atoms with van der Waals surface area (Å²) in [5.74, 6) is -0.373. The van der Waals surface area contributed by atoms with Crippen molar-refractivity contribution in [1.29, 1.82) is 0 Å². The Bertz CT molecular complexity index is 804. The van der Waals surface area contributed by atoms with E-state index in [4.69, 9.17) is 5.73 Å². The van der Waals surface area contributed by atoms with Crippen molar-refractivity contribution in [2.45, 2.75) is 33.2 Å². The Hall–Kier alpha value is -2.25. The highest BCUT2D eigenvalue weighted by atomic mass is 32.1. The molecule has 0 radical (unpaired) electrons. The molecule has 1 saturated heterocycles. The van der Waals surface area contributed by atoms with Gasteiger partial charge in [-0.2, -0.15) is 0 Å². The smallest absolute Gasteiger partial charge is 0.230 e. The van der Waals surface area contributed by atoms with Crippen LogP contribution in [0.2, 0.25) is 0 Å². The molecule has 0 aliphatic carbocycles. The number of anilines is 2. The molecule has 1 aromatic carbocycles. The number of primary amides is 1. The molecule has 0 spiro atoms. The fourth-order valence-electron chi connectivity index (χ4n) is 3.33. The molecule has 2 heterocycles. The predicted molar refractivity (Wildman–Crippen MR) is 103 cm³/mol. The summed E-state index contributed by atoms with van der Waals surface area (Å²) in [6.45, 7) is 5.83. The highest BCUT2D eigenvalue weighted by molar-refractivity contribution is 7.14. The van der Waals surface area contributed by atoms with Gasteiger partial charge in [0, 0.05) is 25.4 Å². The van der Waals surface area contributed by atoms with Crippen LogP contribution in [0.1, 0.15) is 31.0 Å². The Morgan fingerprint density at radius 2 is 2.23 bits per heavy atom. The molecule has 0 bridgehead atoms. The van der Waals surface area contributed by atoms with E-state index in [1.807, 2.05) is 36.6 Å². The fourth-order valence-corrected chi connectivity index (χ4v) is 4.20. The molecule has 138 valence electrons. The Morgan fingerprint density at radius 3 is 2.92 bits per heavy atom. The van der Waals surface area contributed by atoms with Gasteiger partial charge >= 0.3 is 0 Å². The zero-order chi connectivity index (χ0) is 18.7. The molecule has 1 aromatic heterocycles. The van der Waals surface area contributed by atoms with E-state index in [0.29, 0.717) is 18.2 Å². The number of amides is 2. The summed E-state index contributed by atoms with van der Waals surface area (Å²) in [6, 6.07) is 7.83. The van der Waals surface area contributed by atoms with Crippen LogP contribution in [0.25, 0.3) is 0 Å². The number of nitrogens with zero attached hydrogens (tertiary/aromatic N) is 3. The van der Waals surface area contributed by atoms with Gasteiger partial charge in [0.25, 0.3) is 0 Å². The molecule has 7 heteroatoms. The first kappa shape index (κ1) is 18.5. The van der Waals surface area contributed by atoms with Crippen LogP contribution in [-0.2, 0) is 16.1 Å². The first-order valence-electron chi connectivity index (χ1n) is 8.77. The third kappa shape index (κ3) is 4.28. The molecule has 3 rings (SSSR count). The lowest BCUT2D eigenvalue weighted by Crippen LogP contribution is -2.40. The van der Waals surface area contributed by atoms with Crippen LogP contribution >= 0.6 is 11.3 Å². The van der Waals surface area contributed by atoms with E-state index in [2.05, 4.69) is 9.88 Å². The number of thiazole rings is 1. The SMILES string of the molecule is CC(=O)N(c1cccc(C)c1)c1nc(CN2CCC[C@@H](C(N)=O)C2)cs1. The van der Waals surface area contributed by atoms with Crippen LogP contribution in [0.15, 0.2) is 29.6 Å². The number of carbonyl (C=O) groups is 2. The summed E-state index contributed by atoms with van der Waals surface area (Å²) in [5, 5.41) is 2.65. The number of rotatable bonds is 5. The molecule has 1 atom stereocenters. The van der Waals surface area contributed by atoms with E-state index in [1.165, 1.54) is 11.3 Å². The lowest BCUT2D eigenvalue weighted by Gasteiger charge is -2.30. The van der Waals surface area contributed by atoms with Crippen molar-refractivity contribution in [1.82, 2.24) is 9.88 Å². The Kier molecular flexibility index (Phi) is 5.68. The molecular formula is C19H24N4O2S. The van der Waals surface area contributed by atoms with Gasteiger partial charge in [0.2, 0.25) is 11.8 Å². The van der Waals surface area contributed by atoms with Crippen LogP contribution in [-0.4, -0.2) is 34.8 Å². The van der Waals surface area contributed by atoms with Gasteiger partial charge in [-0.05, 0) is 44.0 Å². The van der Waals surface area contributed by atoms with Crippen molar-refractivity contribution in [3.8, 4) is 0 Å². The Balaban J connectivity index is 1.75. The van der Waals surface area contributed by atoms with Crippen molar-refractivity contribution in [3.63, 3.8) is 0 Å². The normalized spacial score (nSPS) is 17.8. The average Bonchev–Trinajstić information content (AvgIpc) is 3.03. The number of hydrogen-bond acceptors (Lipinski definition) is 5. The molecule has 1 fully saturated rings. The number of hydrogen-bond donors (Lipinski definition) is 1. The van der Waals surface area contributed by atoms with Crippen molar-refractivity contribution in [3.05, 3.63) is 40.9 Å². The summed E-state index contributed by atoms with van der Waals surface area (Å²) >= 11 is 1.46. The molecule has 0 saturated carbocycles. The first-order chi connectivity index (χ1) is 12.4. The summed E-state index contributed by atoms with van der Waals surface area (Å²) in [7, 11) is 0. The maximum Gasteiger partial charge on any atom is 0.230 e. The van der Waals surface area contributed by atoms with Gasteiger partial charge in [-0.25, -0.2) is 4.98 Å². The van der Waals surface area contributed by atoms with E-state index >= 15 is 0 Å². The number of nitrogens with two attached hydrogens (primary N) is 1. The van der Waals surface area contributed by atoms with Crippen LogP contribution < -0.4 is 10.6 Å². The number of likely N-dealkylation sites (tertiary alicyclic amines) is 1. The summed E-state index contributed by atoms with van der Waals surface area (Å²) in [4.78, 5) is 32.2.